The Kier molecular flexibility index (Phi) is 6.07. The van der Waals surface area contributed by atoms with Gasteiger partial charge in [-0.2, -0.15) is 0 Å². The molecular formula is C13H23ClN2O3. The van der Waals surface area contributed by atoms with Crippen LogP contribution in [0.15, 0.2) is 0 Å². The van der Waals surface area contributed by atoms with E-state index in [-0.39, 0.29) is 17.9 Å². The zero-order valence-corrected chi connectivity index (χ0v) is 12.6. The van der Waals surface area contributed by atoms with E-state index in [4.69, 9.17) is 11.6 Å². The molecule has 1 aliphatic heterocycles. The highest BCUT2D eigenvalue weighted by atomic mass is 35.5. The monoisotopic (exact) mass is 290 g/mol. The summed E-state index contributed by atoms with van der Waals surface area (Å²) < 4.78 is 0. The van der Waals surface area contributed by atoms with Gasteiger partial charge in [0.25, 0.3) is 0 Å². The lowest BCUT2D eigenvalue weighted by molar-refractivity contribution is -0.152. The largest absolute Gasteiger partial charge is 0.480 e. The Morgan fingerprint density at radius 2 is 2.11 bits per heavy atom. The van der Waals surface area contributed by atoms with E-state index in [2.05, 4.69) is 0 Å². The van der Waals surface area contributed by atoms with Crippen molar-refractivity contribution in [1.29, 1.82) is 0 Å². The maximum absolute atomic E-state index is 12.5. The van der Waals surface area contributed by atoms with Crippen molar-refractivity contribution in [2.75, 3.05) is 26.0 Å². The first-order chi connectivity index (χ1) is 8.90. The molecule has 19 heavy (non-hydrogen) atoms. The fourth-order valence-corrected chi connectivity index (χ4v) is 2.97. The summed E-state index contributed by atoms with van der Waals surface area (Å²) >= 11 is 5.73. The fourth-order valence-electron chi connectivity index (χ4n) is 2.75. The number of rotatable bonds is 6. The molecule has 1 aliphatic rings. The van der Waals surface area contributed by atoms with Gasteiger partial charge in [0.15, 0.2) is 0 Å². The minimum Gasteiger partial charge on any atom is -0.480 e. The summed E-state index contributed by atoms with van der Waals surface area (Å²) in [4.78, 5) is 27.2. The summed E-state index contributed by atoms with van der Waals surface area (Å²) in [5.41, 5.74) is 0. The number of carboxylic acids is 1. The molecule has 0 radical (unpaired) electrons. The molecule has 1 saturated heterocycles. The van der Waals surface area contributed by atoms with E-state index in [9.17, 15) is 14.7 Å². The van der Waals surface area contributed by atoms with E-state index in [1.807, 2.05) is 18.7 Å². The lowest BCUT2D eigenvalue weighted by atomic mass is 10.0. The van der Waals surface area contributed by atoms with Gasteiger partial charge in [-0.15, -0.1) is 11.6 Å². The second-order valence-electron chi connectivity index (χ2n) is 5.36. The summed E-state index contributed by atoms with van der Waals surface area (Å²) in [6.07, 6.45) is 1.74. The van der Waals surface area contributed by atoms with Gasteiger partial charge < -0.3 is 10.0 Å². The Morgan fingerprint density at radius 3 is 2.58 bits per heavy atom. The molecule has 0 unspecified atom stereocenters. The van der Waals surface area contributed by atoms with Gasteiger partial charge in [-0.05, 0) is 25.3 Å². The standard InChI is InChI=1S/C13H23ClN2O3/c1-9(2)11(13(18)19)15(3)12(17)10-5-4-7-16(10)8-6-14/h9-11H,4-8H2,1-3H3,(H,18,19)/t10-,11+/m1/s1. The van der Waals surface area contributed by atoms with Crippen LogP contribution in [0.25, 0.3) is 0 Å². The molecule has 0 aromatic heterocycles. The molecule has 0 bridgehead atoms. The minimum atomic E-state index is -0.951. The lowest BCUT2D eigenvalue weighted by Gasteiger charge is -2.32. The van der Waals surface area contributed by atoms with E-state index in [0.29, 0.717) is 12.4 Å². The summed E-state index contributed by atoms with van der Waals surface area (Å²) in [6.45, 7) is 5.16. The normalized spacial score (nSPS) is 21.6. The van der Waals surface area contributed by atoms with Crippen LogP contribution >= 0.6 is 11.6 Å². The van der Waals surface area contributed by atoms with Gasteiger partial charge in [0.2, 0.25) is 5.91 Å². The molecule has 1 N–H and O–H groups in total. The van der Waals surface area contributed by atoms with Crippen molar-refractivity contribution in [3.8, 4) is 0 Å². The molecule has 6 heteroatoms. The van der Waals surface area contributed by atoms with Crippen LogP contribution in [0.1, 0.15) is 26.7 Å². The van der Waals surface area contributed by atoms with Gasteiger partial charge in [0, 0.05) is 19.5 Å². The Hall–Kier alpha value is -0.810. The van der Waals surface area contributed by atoms with E-state index >= 15 is 0 Å². The van der Waals surface area contributed by atoms with E-state index < -0.39 is 12.0 Å². The number of halogens is 1. The zero-order valence-electron chi connectivity index (χ0n) is 11.8. The molecular weight excluding hydrogens is 268 g/mol. The minimum absolute atomic E-state index is 0.108. The Morgan fingerprint density at radius 1 is 1.47 bits per heavy atom. The number of carboxylic acid groups (broad SMARTS) is 1. The number of carbonyl (C=O) groups excluding carboxylic acids is 1. The first-order valence-corrected chi connectivity index (χ1v) is 7.23. The third-order valence-corrected chi connectivity index (χ3v) is 3.84. The predicted molar refractivity (Wildman–Crippen MR) is 74.3 cm³/mol. The molecule has 5 nitrogen and oxygen atoms in total. The van der Waals surface area contributed by atoms with Crippen molar-refractivity contribution in [3.05, 3.63) is 0 Å². The second kappa shape index (κ2) is 7.10. The number of nitrogens with zero attached hydrogens (tertiary/aromatic N) is 2. The van der Waals surface area contributed by atoms with Crippen molar-refractivity contribution < 1.29 is 14.7 Å². The summed E-state index contributed by atoms with van der Waals surface area (Å²) in [5, 5.41) is 9.25. The van der Waals surface area contributed by atoms with Crippen molar-refractivity contribution in [3.63, 3.8) is 0 Å². The van der Waals surface area contributed by atoms with Crippen molar-refractivity contribution in [1.82, 2.24) is 9.80 Å². The number of likely N-dealkylation sites (N-methyl/N-ethyl adjacent to an activating group) is 1. The number of hydrogen-bond acceptors (Lipinski definition) is 3. The van der Waals surface area contributed by atoms with Gasteiger partial charge in [-0.3, -0.25) is 9.69 Å². The van der Waals surface area contributed by atoms with Crippen LogP contribution in [0.3, 0.4) is 0 Å². The van der Waals surface area contributed by atoms with Gasteiger partial charge in [0.05, 0.1) is 6.04 Å². The highest BCUT2D eigenvalue weighted by molar-refractivity contribution is 6.18. The number of hydrogen-bond donors (Lipinski definition) is 1. The smallest absolute Gasteiger partial charge is 0.326 e. The number of carbonyl (C=O) groups is 2. The van der Waals surface area contributed by atoms with Crippen molar-refractivity contribution in [2.45, 2.75) is 38.8 Å². The SMILES string of the molecule is CC(C)[C@@H](C(=O)O)N(C)C(=O)[C@H]1CCCN1CCCl. The molecule has 1 heterocycles. The van der Waals surface area contributed by atoms with Crippen LogP contribution in [-0.4, -0.2) is 64.9 Å². The quantitative estimate of drug-likeness (QED) is 0.748. The highest BCUT2D eigenvalue weighted by Gasteiger charge is 2.37. The molecule has 0 aromatic carbocycles. The first kappa shape index (κ1) is 16.2. The number of alkyl halides is 1. The molecule has 2 atom stereocenters. The summed E-state index contributed by atoms with van der Waals surface area (Å²) in [6, 6.07) is -0.990. The van der Waals surface area contributed by atoms with Crippen molar-refractivity contribution in [2.24, 2.45) is 5.92 Å². The number of aliphatic carboxylic acids is 1. The third kappa shape index (κ3) is 3.83. The van der Waals surface area contributed by atoms with Crippen molar-refractivity contribution >= 4 is 23.5 Å². The average molecular weight is 291 g/mol. The molecule has 1 rings (SSSR count). The highest BCUT2D eigenvalue weighted by Crippen LogP contribution is 2.21. The summed E-state index contributed by atoms with van der Waals surface area (Å²) in [7, 11) is 1.58. The molecule has 0 aliphatic carbocycles. The topological polar surface area (TPSA) is 60.9 Å². The molecule has 110 valence electrons. The van der Waals surface area contributed by atoms with Crippen LogP contribution in [0.4, 0.5) is 0 Å². The van der Waals surface area contributed by atoms with E-state index in [0.717, 1.165) is 19.4 Å². The summed E-state index contributed by atoms with van der Waals surface area (Å²) in [5.74, 6) is -0.689. The van der Waals surface area contributed by atoms with Crippen LogP contribution in [0.2, 0.25) is 0 Å². The maximum Gasteiger partial charge on any atom is 0.326 e. The van der Waals surface area contributed by atoms with E-state index in [1.165, 1.54) is 4.90 Å². The first-order valence-electron chi connectivity index (χ1n) is 6.69. The van der Waals surface area contributed by atoms with E-state index in [1.54, 1.807) is 7.05 Å². The molecule has 1 fully saturated rings. The van der Waals surface area contributed by atoms with Crippen LogP contribution in [0, 0.1) is 5.92 Å². The third-order valence-electron chi connectivity index (χ3n) is 3.67. The fraction of sp³-hybridized carbons (Fsp3) is 0.846. The Labute approximate surface area is 119 Å². The predicted octanol–water partition coefficient (Wildman–Crippen LogP) is 1.26. The second-order valence-corrected chi connectivity index (χ2v) is 5.74. The van der Waals surface area contributed by atoms with Crippen LogP contribution < -0.4 is 0 Å². The van der Waals surface area contributed by atoms with Gasteiger partial charge in [-0.1, -0.05) is 13.8 Å². The number of likely N-dealkylation sites (tertiary alicyclic amines) is 1. The Bertz CT molecular complexity index is 336. The Balaban J connectivity index is 2.77. The average Bonchev–Trinajstić information content (AvgIpc) is 2.75. The lowest BCUT2D eigenvalue weighted by Crippen LogP contribution is -2.52. The van der Waals surface area contributed by atoms with Crippen LogP contribution in [0.5, 0.6) is 0 Å². The molecule has 0 spiro atoms. The van der Waals surface area contributed by atoms with Crippen LogP contribution in [-0.2, 0) is 9.59 Å². The molecule has 1 amide bonds. The van der Waals surface area contributed by atoms with Gasteiger partial charge >= 0.3 is 5.97 Å². The zero-order chi connectivity index (χ0) is 14.6. The molecule has 0 aromatic rings. The molecule has 0 saturated carbocycles. The number of amides is 1. The maximum atomic E-state index is 12.5. The van der Waals surface area contributed by atoms with Gasteiger partial charge in [-0.25, -0.2) is 4.79 Å². The van der Waals surface area contributed by atoms with Gasteiger partial charge in [0.1, 0.15) is 6.04 Å².